The Labute approximate surface area is 485 Å². The third kappa shape index (κ3) is 17.4. The van der Waals surface area contributed by atoms with E-state index in [2.05, 4.69) is 31.9 Å². The Hall–Kier alpha value is -7.20. The number of hydroxylamine groups is 2. The Balaban J connectivity index is 1.13. The molecule has 2 aromatic carbocycles. The number of rotatable bonds is 20. The van der Waals surface area contributed by atoms with E-state index < -0.39 is 126 Å². The van der Waals surface area contributed by atoms with E-state index in [0.717, 1.165) is 11.1 Å². The van der Waals surface area contributed by atoms with Crippen molar-refractivity contribution < 1.29 is 81.9 Å². The lowest BCUT2D eigenvalue weighted by Gasteiger charge is -2.44. The van der Waals surface area contributed by atoms with Crippen molar-refractivity contribution in [2.45, 2.75) is 159 Å². The van der Waals surface area contributed by atoms with E-state index in [4.69, 9.17) is 45.9 Å². The number of aliphatic hydroxyl groups is 2. The van der Waals surface area contributed by atoms with E-state index in [1.807, 2.05) is 13.0 Å². The molecule has 10 atom stereocenters. The van der Waals surface area contributed by atoms with Gasteiger partial charge >= 0.3 is 18.1 Å². The minimum atomic E-state index is -1.81. The first-order valence-electron chi connectivity index (χ1n) is 27.3. The predicted octanol–water partition coefficient (Wildman–Crippen LogP) is 3.71. The molecule has 0 aromatic heterocycles. The highest BCUT2D eigenvalue weighted by Gasteiger charge is 2.64. The molecule has 26 nitrogen and oxygen atoms in total. The molecule has 27 heteroatoms. The van der Waals surface area contributed by atoms with Crippen LogP contribution >= 0.6 is 11.6 Å². The number of methoxy groups -OCH3 is 2. The number of nitrogens with zero attached hydrogens (tertiary/aromatic N) is 2. The van der Waals surface area contributed by atoms with Crippen LogP contribution in [-0.2, 0) is 63.8 Å². The molecule has 2 aromatic rings. The summed E-state index contributed by atoms with van der Waals surface area (Å²) in [6.07, 6.45) is -0.848. The van der Waals surface area contributed by atoms with E-state index in [0.29, 0.717) is 22.9 Å². The van der Waals surface area contributed by atoms with Gasteiger partial charge in [0.15, 0.2) is 5.72 Å². The van der Waals surface area contributed by atoms with Crippen molar-refractivity contribution in [3.05, 3.63) is 70.8 Å². The number of unbranched alkanes of at least 4 members (excludes halogenated alkanes) is 1. The SMILES string of the molecule is COc1cc2cc(c1Cl)N(C)C(=O)C[C@H](OC(=O)Nc1ccc(NC(=O)[C@H](CCCNC(N)=O)NC(=O)[C@@H](NC(=O)CCCCC(=O)ON3C(=O)CCC3=O)C(C)C)cc1)[C@]1(C)O[C@H]1[C@H](C)[C@@H]1C[C@@](O)(NC(O)O1)[C@H](OC)/C=C/C=C(\C)C2. The number of urea groups is 1. The fraction of sp³-hybridized carbons (Fsp3) is 0.554. The normalized spacial score (nSPS) is 26.3. The van der Waals surface area contributed by atoms with Gasteiger partial charge in [0, 0.05) is 70.1 Å². The van der Waals surface area contributed by atoms with Crippen LogP contribution in [-0.4, -0.2) is 151 Å². The lowest BCUT2D eigenvalue weighted by atomic mass is 9.83. The van der Waals surface area contributed by atoms with Gasteiger partial charge in [-0.25, -0.2) is 19.7 Å². The number of primary amides is 1. The number of anilines is 3. The number of halogens is 1. The Morgan fingerprint density at radius 2 is 1.60 bits per heavy atom. The minimum Gasteiger partial charge on any atom is -0.495 e. The van der Waals surface area contributed by atoms with Gasteiger partial charge in [-0.2, -0.15) is 0 Å². The van der Waals surface area contributed by atoms with Crippen LogP contribution in [0.4, 0.5) is 26.7 Å². The highest BCUT2D eigenvalue weighted by atomic mass is 35.5. The highest BCUT2D eigenvalue weighted by Crippen LogP contribution is 2.49. The van der Waals surface area contributed by atoms with Crippen LogP contribution in [0.3, 0.4) is 0 Å². The number of epoxide rings is 1. The molecule has 0 radical (unpaired) electrons. The number of carbonyl (C=O) groups excluding carboxylic acids is 9. The van der Waals surface area contributed by atoms with Gasteiger partial charge in [0.05, 0.1) is 31.4 Å². The van der Waals surface area contributed by atoms with Gasteiger partial charge in [-0.05, 0) is 93.8 Å². The molecule has 6 rings (SSSR count). The van der Waals surface area contributed by atoms with Gasteiger partial charge in [0.1, 0.15) is 40.7 Å². The molecule has 454 valence electrons. The number of allylic oxidation sites excluding steroid dienone is 3. The summed E-state index contributed by atoms with van der Waals surface area (Å²) in [5.41, 5.74) is 4.56. The van der Waals surface area contributed by atoms with Crippen LogP contribution in [0.15, 0.2) is 60.2 Å². The molecule has 0 spiro atoms. The van der Waals surface area contributed by atoms with Crippen molar-refractivity contribution in [3.8, 4) is 5.75 Å². The van der Waals surface area contributed by atoms with E-state index >= 15 is 0 Å². The summed E-state index contributed by atoms with van der Waals surface area (Å²) in [6.45, 7) is 8.84. The van der Waals surface area contributed by atoms with Crippen molar-refractivity contribution in [3.63, 3.8) is 0 Å². The highest BCUT2D eigenvalue weighted by molar-refractivity contribution is 6.35. The number of carbonyl (C=O) groups is 9. The van der Waals surface area contributed by atoms with E-state index in [1.54, 1.807) is 52.0 Å². The molecule has 83 heavy (non-hydrogen) atoms. The number of ether oxygens (including phenoxy) is 5. The molecular formula is C56H76ClN9O17. The molecule has 0 saturated carbocycles. The van der Waals surface area contributed by atoms with Gasteiger partial charge in [0.25, 0.3) is 11.8 Å². The minimum absolute atomic E-state index is 0.0282. The Morgan fingerprint density at radius 1 is 0.940 bits per heavy atom. The van der Waals surface area contributed by atoms with Crippen molar-refractivity contribution in [2.75, 3.05) is 43.3 Å². The monoisotopic (exact) mass is 1180 g/mol. The summed E-state index contributed by atoms with van der Waals surface area (Å²) in [7, 11) is 4.42. The second kappa shape index (κ2) is 28.9. The number of amides is 9. The number of aliphatic hydroxyl groups excluding tert-OH is 1. The number of nitrogens with two attached hydrogens (primary N) is 1. The van der Waals surface area contributed by atoms with Gasteiger partial charge in [-0.15, -0.1) is 5.06 Å². The molecular weight excluding hydrogens is 1110 g/mol. The van der Waals surface area contributed by atoms with E-state index in [1.165, 1.54) is 50.4 Å². The molecule has 3 saturated heterocycles. The van der Waals surface area contributed by atoms with Crippen LogP contribution in [0.1, 0.15) is 104 Å². The number of fused-ring (bicyclic) bond motifs is 5. The number of nitrogens with one attached hydrogen (secondary N) is 6. The lowest BCUT2D eigenvalue weighted by Crippen LogP contribution is -2.65. The summed E-state index contributed by atoms with van der Waals surface area (Å²) in [4.78, 5) is 122. The third-order valence-corrected chi connectivity index (χ3v) is 15.2. The molecule has 4 aliphatic heterocycles. The summed E-state index contributed by atoms with van der Waals surface area (Å²) in [5, 5.41) is 39.3. The van der Waals surface area contributed by atoms with Crippen LogP contribution in [0.5, 0.6) is 5.75 Å². The summed E-state index contributed by atoms with van der Waals surface area (Å²) in [5.74, 6) is -5.06. The molecule has 10 N–H and O–H groups in total. The van der Waals surface area contributed by atoms with Gasteiger partial charge in [-0.3, -0.25) is 34.1 Å². The van der Waals surface area contributed by atoms with Crippen molar-refractivity contribution in [1.82, 2.24) is 26.3 Å². The average molecular weight is 1180 g/mol. The van der Waals surface area contributed by atoms with E-state index in [9.17, 15) is 53.4 Å². The Morgan fingerprint density at radius 3 is 2.24 bits per heavy atom. The first-order chi connectivity index (χ1) is 39.2. The second-order valence-corrected chi connectivity index (χ2v) is 21.9. The number of hydrogen-bond donors (Lipinski definition) is 9. The molecule has 0 aliphatic carbocycles. The fourth-order valence-corrected chi connectivity index (χ4v) is 10.4. The predicted molar refractivity (Wildman–Crippen MR) is 300 cm³/mol. The molecule has 4 heterocycles. The van der Waals surface area contributed by atoms with Crippen LogP contribution in [0.2, 0.25) is 5.02 Å². The van der Waals surface area contributed by atoms with Crippen molar-refractivity contribution >= 4 is 82.2 Å². The first-order valence-corrected chi connectivity index (χ1v) is 27.7. The van der Waals surface area contributed by atoms with E-state index in [-0.39, 0.29) is 80.7 Å². The summed E-state index contributed by atoms with van der Waals surface area (Å²) < 4.78 is 29.6. The van der Waals surface area contributed by atoms with Crippen LogP contribution in [0.25, 0.3) is 0 Å². The summed E-state index contributed by atoms with van der Waals surface area (Å²) >= 11 is 6.83. The zero-order chi connectivity index (χ0) is 60.9. The standard InChI is InChI=1S/C56H76ClN9O17/c1-30(2)48(63-42(67)16-9-10-17-46(71)83-66-43(68)22-23-44(66)69)51(73)62-36(14-12-24-59-52(58)74)50(72)60-34-18-20-35(21-19-34)61-53(75)81-41-28-45(70)65(6)37-26-33(27-38(78-7)47(37)57)25-31(3)13-11-15-40(79-8)56(77)29-39(80-54(76)64-56)32(4)49-55(41,5)82-49/h11,13,15,18-21,26-27,30,32,36,39-41,48-49,54,64,76-77H,9-10,12,14,16-17,22-25,28-29H2,1-8H3,(H,60,72)(H,61,75)(H,62,73)(H,63,67)(H3,58,59,74)/b15-11+,31-13+/t32-,36+,39+,40-,41+,48+,49+,54?,55+,56+/m1/s1. The Kier molecular flexibility index (Phi) is 22.6. The number of hydrogen-bond acceptors (Lipinski definition) is 18. The smallest absolute Gasteiger partial charge is 0.412 e. The largest absolute Gasteiger partial charge is 0.495 e. The average Bonchev–Trinajstić information content (AvgIpc) is 1.93. The van der Waals surface area contributed by atoms with Gasteiger partial charge in [0.2, 0.25) is 30.0 Å². The van der Waals surface area contributed by atoms with Gasteiger partial charge < -0.3 is 70.6 Å². The molecule has 1 unspecified atom stereocenters. The maximum atomic E-state index is 14.4. The van der Waals surface area contributed by atoms with Crippen LogP contribution < -0.4 is 47.3 Å². The molecule has 3 fully saturated rings. The molecule has 9 amide bonds. The third-order valence-electron chi connectivity index (χ3n) is 14.8. The molecule has 4 bridgehead atoms. The quantitative estimate of drug-likeness (QED) is 0.0518. The van der Waals surface area contributed by atoms with Crippen LogP contribution in [0, 0.1) is 11.8 Å². The maximum absolute atomic E-state index is 14.4. The molecule has 4 aliphatic rings. The zero-order valence-corrected chi connectivity index (χ0v) is 48.5. The number of benzene rings is 2. The lowest BCUT2D eigenvalue weighted by molar-refractivity contribution is -0.271. The maximum Gasteiger partial charge on any atom is 0.412 e. The number of imide groups is 1. The van der Waals surface area contributed by atoms with Gasteiger partial charge in [-0.1, -0.05) is 56.2 Å². The zero-order valence-electron chi connectivity index (χ0n) is 47.7. The van der Waals surface area contributed by atoms with Crippen molar-refractivity contribution in [2.24, 2.45) is 17.6 Å². The first kappa shape index (κ1) is 65.0. The van der Waals surface area contributed by atoms with Crippen molar-refractivity contribution in [1.29, 1.82) is 0 Å². The Bertz CT molecular complexity index is 2780. The second-order valence-electron chi connectivity index (χ2n) is 21.5. The fourth-order valence-electron chi connectivity index (χ4n) is 10.0. The summed E-state index contributed by atoms with van der Waals surface area (Å²) in [6, 6.07) is 6.35. The topological polar surface area (TPSA) is 357 Å².